The lowest BCUT2D eigenvalue weighted by atomic mass is 10.1. The standard InChI is InChI=1S/C18H17BrN2O5/c1-3-26-18(23)14-8-13(9-16(10-14)21(24)25)17(22)20-11(2)12-4-6-15(19)7-5-12/h4-11H,3H2,1-2H3,(H,20,22). The van der Waals surface area contributed by atoms with E-state index < -0.39 is 16.8 Å². The number of carbonyl (C=O) groups excluding carboxylic acids is 2. The monoisotopic (exact) mass is 420 g/mol. The summed E-state index contributed by atoms with van der Waals surface area (Å²) in [7, 11) is 0. The van der Waals surface area contributed by atoms with Crippen LogP contribution in [-0.2, 0) is 4.74 Å². The fourth-order valence-electron chi connectivity index (χ4n) is 2.29. The molecule has 1 atom stereocenters. The minimum atomic E-state index is -0.716. The van der Waals surface area contributed by atoms with E-state index in [9.17, 15) is 19.7 Å². The van der Waals surface area contributed by atoms with Gasteiger partial charge in [-0.2, -0.15) is 0 Å². The third-order valence-electron chi connectivity index (χ3n) is 3.62. The van der Waals surface area contributed by atoms with Gasteiger partial charge in [0.05, 0.1) is 23.1 Å². The van der Waals surface area contributed by atoms with Crippen LogP contribution in [0.15, 0.2) is 46.9 Å². The van der Waals surface area contributed by atoms with Crippen LogP contribution in [0.3, 0.4) is 0 Å². The first-order chi connectivity index (χ1) is 12.3. The maximum atomic E-state index is 12.5. The first kappa shape index (κ1) is 19.6. The topological polar surface area (TPSA) is 98.5 Å². The number of carbonyl (C=O) groups is 2. The fourth-order valence-corrected chi connectivity index (χ4v) is 2.56. The molecule has 2 aromatic carbocycles. The number of halogens is 1. The Morgan fingerprint density at radius 1 is 1.19 bits per heavy atom. The number of hydrogen-bond donors (Lipinski definition) is 1. The summed E-state index contributed by atoms with van der Waals surface area (Å²) < 4.78 is 5.78. The summed E-state index contributed by atoms with van der Waals surface area (Å²) in [5.41, 5.74) is 0.503. The molecule has 7 nitrogen and oxygen atoms in total. The summed E-state index contributed by atoms with van der Waals surface area (Å²) in [6.45, 7) is 3.55. The highest BCUT2D eigenvalue weighted by Gasteiger charge is 2.20. The number of esters is 1. The molecular weight excluding hydrogens is 404 g/mol. The molecule has 0 aliphatic carbocycles. The largest absolute Gasteiger partial charge is 0.462 e. The third kappa shape index (κ3) is 4.89. The zero-order chi connectivity index (χ0) is 19.3. The van der Waals surface area contributed by atoms with Gasteiger partial charge in [-0.1, -0.05) is 28.1 Å². The predicted octanol–water partition coefficient (Wildman–Crippen LogP) is 4.03. The second-order valence-corrected chi connectivity index (χ2v) is 6.41. The summed E-state index contributed by atoms with van der Waals surface area (Å²) in [5.74, 6) is -1.24. The van der Waals surface area contributed by atoms with E-state index in [2.05, 4.69) is 21.2 Å². The van der Waals surface area contributed by atoms with Crippen LogP contribution in [-0.4, -0.2) is 23.4 Å². The van der Waals surface area contributed by atoms with Gasteiger partial charge in [0.25, 0.3) is 11.6 Å². The zero-order valence-electron chi connectivity index (χ0n) is 14.2. The van der Waals surface area contributed by atoms with Crippen molar-refractivity contribution in [3.05, 3.63) is 73.7 Å². The summed E-state index contributed by atoms with van der Waals surface area (Å²) in [5, 5.41) is 13.9. The number of nitrogens with one attached hydrogen (secondary N) is 1. The molecule has 0 fully saturated rings. The minimum Gasteiger partial charge on any atom is -0.462 e. The van der Waals surface area contributed by atoms with E-state index >= 15 is 0 Å². The molecule has 1 N–H and O–H groups in total. The fraction of sp³-hybridized carbons (Fsp3) is 0.222. The van der Waals surface area contributed by atoms with E-state index in [-0.39, 0.29) is 29.5 Å². The molecule has 0 aromatic heterocycles. The quantitative estimate of drug-likeness (QED) is 0.432. The van der Waals surface area contributed by atoms with Crippen molar-refractivity contribution >= 4 is 33.5 Å². The van der Waals surface area contributed by atoms with Gasteiger partial charge in [-0.25, -0.2) is 4.79 Å². The lowest BCUT2D eigenvalue weighted by molar-refractivity contribution is -0.384. The van der Waals surface area contributed by atoms with E-state index in [0.29, 0.717) is 0 Å². The number of rotatable bonds is 6. The van der Waals surface area contributed by atoms with E-state index in [1.165, 1.54) is 6.07 Å². The Morgan fingerprint density at radius 2 is 1.81 bits per heavy atom. The molecule has 136 valence electrons. The van der Waals surface area contributed by atoms with Gasteiger partial charge in [0.1, 0.15) is 0 Å². The van der Waals surface area contributed by atoms with Gasteiger partial charge in [-0.05, 0) is 37.6 Å². The number of hydrogen-bond acceptors (Lipinski definition) is 5. The molecule has 0 spiro atoms. The molecule has 0 heterocycles. The number of benzene rings is 2. The number of amides is 1. The predicted molar refractivity (Wildman–Crippen MR) is 99.1 cm³/mol. The molecule has 1 unspecified atom stereocenters. The Morgan fingerprint density at radius 3 is 2.38 bits per heavy atom. The maximum absolute atomic E-state index is 12.5. The molecule has 0 saturated carbocycles. The van der Waals surface area contributed by atoms with E-state index in [1.807, 2.05) is 24.3 Å². The van der Waals surface area contributed by atoms with E-state index in [1.54, 1.807) is 13.8 Å². The SMILES string of the molecule is CCOC(=O)c1cc(C(=O)NC(C)c2ccc(Br)cc2)cc([N+](=O)[O-])c1. The first-order valence-corrected chi connectivity index (χ1v) is 8.64. The molecule has 8 heteroatoms. The molecule has 0 aliphatic rings. The lowest BCUT2D eigenvalue weighted by Crippen LogP contribution is -2.27. The number of ether oxygens (including phenoxy) is 1. The smallest absolute Gasteiger partial charge is 0.338 e. The molecule has 0 saturated heterocycles. The molecule has 0 aliphatic heterocycles. The highest BCUT2D eigenvalue weighted by Crippen LogP contribution is 2.20. The van der Waals surface area contributed by atoms with Gasteiger partial charge in [-0.3, -0.25) is 14.9 Å². The lowest BCUT2D eigenvalue weighted by Gasteiger charge is -2.15. The minimum absolute atomic E-state index is 0.0196. The van der Waals surface area contributed by atoms with Gasteiger partial charge >= 0.3 is 5.97 Å². The first-order valence-electron chi connectivity index (χ1n) is 7.84. The molecular formula is C18H17BrN2O5. The molecule has 26 heavy (non-hydrogen) atoms. The Bertz CT molecular complexity index is 836. The van der Waals surface area contributed by atoms with Crippen LogP contribution in [0.4, 0.5) is 5.69 Å². The maximum Gasteiger partial charge on any atom is 0.338 e. The molecule has 2 aromatic rings. The molecule has 2 rings (SSSR count). The van der Waals surface area contributed by atoms with Crippen LogP contribution in [0.25, 0.3) is 0 Å². The normalized spacial score (nSPS) is 11.5. The van der Waals surface area contributed by atoms with Crippen molar-refractivity contribution in [3.63, 3.8) is 0 Å². The van der Waals surface area contributed by atoms with Crippen molar-refractivity contribution < 1.29 is 19.2 Å². The van der Waals surface area contributed by atoms with Gasteiger partial charge < -0.3 is 10.1 Å². The second kappa shape index (κ2) is 8.57. The highest BCUT2D eigenvalue weighted by molar-refractivity contribution is 9.10. The van der Waals surface area contributed by atoms with Crippen LogP contribution >= 0.6 is 15.9 Å². The average molecular weight is 421 g/mol. The van der Waals surface area contributed by atoms with Gasteiger partial charge in [0, 0.05) is 22.2 Å². The van der Waals surface area contributed by atoms with Crippen molar-refractivity contribution in [2.24, 2.45) is 0 Å². The van der Waals surface area contributed by atoms with Crippen LogP contribution in [0, 0.1) is 10.1 Å². The summed E-state index contributed by atoms with van der Waals surface area (Å²) in [6, 6.07) is 10.6. The van der Waals surface area contributed by atoms with Gasteiger partial charge in [-0.15, -0.1) is 0 Å². The van der Waals surface area contributed by atoms with Crippen LogP contribution in [0.1, 0.15) is 46.2 Å². The number of nitro groups is 1. The number of nitrogens with zero attached hydrogens (tertiary/aromatic N) is 1. The molecule has 0 bridgehead atoms. The van der Waals surface area contributed by atoms with E-state index in [4.69, 9.17) is 4.74 Å². The number of nitro benzene ring substituents is 1. The second-order valence-electron chi connectivity index (χ2n) is 5.49. The highest BCUT2D eigenvalue weighted by atomic mass is 79.9. The van der Waals surface area contributed by atoms with Crippen molar-refractivity contribution in [2.45, 2.75) is 19.9 Å². The molecule has 1 amide bonds. The van der Waals surface area contributed by atoms with Crippen molar-refractivity contribution in [1.29, 1.82) is 0 Å². The summed E-state index contributed by atoms with van der Waals surface area (Å²) >= 11 is 3.34. The number of non-ortho nitro benzene ring substituents is 1. The summed E-state index contributed by atoms with van der Waals surface area (Å²) in [6.07, 6.45) is 0. The Balaban J connectivity index is 2.27. The van der Waals surface area contributed by atoms with Crippen LogP contribution < -0.4 is 5.32 Å². The molecule has 0 radical (unpaired) electrons. The van der Waals surface area contributed by atoms with E-state index in [0.717, 1.165) is 22.2 Å². The zero-order valence-corrected chi connectivity index (χ0v) is 15.8. The van der Waals surface area contributed by atoms with Crippen LogP contribution in [0.5, 0.6) is 0 Å². The third-order valence-corrected chi connectivity index (χ3v) is 4.15. The van der Waals surface area contributed by atoms with Gasteiger partial charge in [0.15, 0.2) is 0 Å². The summed E-state index contributed by atoms with van der Waals surface area (Å²) in [4.78, 5) is 34.8. The van der Waals surface area contributed by atoms with Crippen molar-refractivity contribution in [3.8, 4) is 0 Å². The Hall–Kier alpha value is -2.74. The average Bonchev–Trinajstić information content (AvgIpc) is 2.61. The van der Waals surface area contributed by atoms with Gasteiger partial charge in [0.2, 0.25) is 0 Å². The Kier molecular flexibility index (Phi) is 6.46. The Labute approximate surface area is 158 Å². The van der Waals surface area contributed by atoms with Crippen molar-refractivity contribution in [1.82, 2.24) is 5.32 Å². The van der Waals surface area contributed by atoms with Crippen LogP contribution in [0.2, 0.25) is 0 Å². The van der Waals surface area contributed by atoms with Crippen molar-refractivity contribution in [2.75, 3.05) is 6.61 Å².